The SMILES string of the molecule is CCC(C)C(NC(=O)C(N)CCC(N)=O)C(=O)NC(CS)C(=O)NC(CCC(=O)O)C(=O)O. The van der Waals surface area contributed by atoms with E-state index in [9.17, 15) is 33.9 Å². The van der Waals surface area contributed by atoms with E-state index in [1.165, 1.54) is 0 Å². The van der Waals surface area contributed by atoms with Gasteiger partial charge in [-0.3, -0.25) is 24.0 Å². The molecule has 0 rings (SSSR count). The summed E-state index contributed by atoms with van der Waals surface area (Å²) in [6, 6.07) is -4.87. The van der Waals surface area contributed by atoms with E-state index in [2.05, 4.69) is 28.6 Å². The summed E-state index contributed by atoms with van der Waals surface area (Å²) in [4.78, 5) is 70.5. The summed E-state index contributed by atoms with van der Waals surface area (Å²) >= 11 is 4.01. The van der Waals surface area contributed by atoms with E-state index in [0.29, 0.717) is 6.42 Å². The number of hydrogen-bond donors (Lipinski definition) is 8. The Morgan fingerprint density at radius 2 is 1.45 bits per heavy atom. The van der Waals surface area contributed by atoms with Gasteiger partial charge >= 0.3 is 11.9 Å². The Labute approximate surface area is 196 Å². The topological polar surface area (TPSA) is 231 Å². The lowest BCUT2D eigenvalue weighted by Crippen LogP contribution is -2.59. The van der Waals surface area contributed by atoms with Crippen LogP contribution in [0.5, 0.6) is 0 Å². The second-order valence-corrected chi connectivity index (χ2v) is 7.92. The number of primary amides is 1. The van der Waals surface area contributed by atoms with Crippen molar-refractivity contribution in [3.63, 3.8) is 0 Å². The van der Waals surface area contributed by atoms with Crippen LogP contribution in [-0.2, 0) is 28.8 Å². The summed E-state index contributed by atoms with van der Waals surface area (Å²) in [5.74, 6) is -6.09. The molecule has 0 heterocycles. The summed E-state index contributed by atoms with van der Waals surface area (Å²) in [5, 5.41) is 25.0. The molecule has 5 atom stereocenters. The molecule has 0 spiro atoms. The second kappa shape index (κ2) is 15.1. The van der Waals surface area contributed by atoms with Crippen molar-refractivity contribution in [2.45, 2.75) is 70.1 Å². The van der Waals surface area contributed by atoms with Crippen LogP contribution in [0.15, 0.2) is 0 Å². The highest BCUT2D eigenvalue weighted by Gasteiger charge is 2.32. The van der Waals surface area contributed by atoms with Crippen LogP contribution in [0.25, 0.3) is 0 Å². The lowest BCUT2D eigenvalue weighted by Gasteiger charge is -2.27. The van der Waals surface area contributed by atoms with Gasteiger partial charge in [0, 0.05) is 18.6 Å². The van der Waals surface area contributed by atoms with Crippen LogP contribution in [0.1, 0.15) is 46.0 Å². The van der Waals surface area contributed by atoms with Crippen LogP contribution in [0, 0.1) is 5.92 Å². The van der Waals surface area contributed by atoms with Crippen molar-refractivity contribution in [1.82, 2.24) is 16.0 Å². The molecule has 188 valence electrons. The van der Waals surface area contributed by atoms with E-state index >= 15 is 0 Å². The Kier molecular flexibility index (Phi) is 13.7. The minimum Gasteiger partial charge on any atom is -0.481 e. The van der Waals surface area contributed by atoms with Gasteiger partial charge in [-0.05, 0) is 18.8 Å². The molecule has 0 fully saturated rings. The van der Waals surface area contributed by atoms with Gasteiger partial charge in [0.15, 0.2) is 0 Å². The third kappa shape index (κ3) is 11.5. The Bertz CT molecular complexity index is 735. The van der Waals surface area contributed by atoms with Gasteiger partial charge in [0.25, 0.3) is 0 Å². The van der Waals surface area contributed by atoms with E-state index in [0.717, 1.165) is 0 Å². The van der Waals surface area contributed by atoms with Crippen molar-refractivity contribution >= 4 is 48.2 Å². The number of carbonyl (C=O) groups excluding carboxylic acids is 4. The van der Waals surface area contributed by atoms with E-state index < -0.39 is 66.2 Å². The lowest BCUT2D eigenvalue weighted by molar-refractivity contribution is -0.143. The van der Waals surface area contributed by atoms with Crippen molar-refractivity contribution in [2.24, 2.45) is 17.4 Å². The van der Waals surface area contributed by atoms with Gasteiger partial charge in [0.1, 0.15) is 18.1 Å². The molecule has 0 radical (unpaired) electrons. The predicted molar refractivity (Wildman–Crippen MR) is 120 cm³/mol. The van der Waals surface area contributed by atoms with Crippen LogP contribution < -0.4 is 27.4 Å². The summed E-state index contributed by atoms with van der Waals surface area (Å²) < 4.78 is 0. The molecular weight excluding hydrogens is 458 g/mol. The number of hydrogen-bond acceptors (Lipinski definition) is 8. The molecule has 0 aliphatic heterocycles. The number of carboxylic acid groups (broad SMARTS) is 2. The Morgan fingerprint density at radius 1 is 0.879 bits per heavy atom. The number of nitrogens with one attached hydrogen (secondary N) is 3. The Hall–Kier alpha value is -2.87. The fraction of sp³-hybridized carbons (Fsp3) is 0.684. The molecule has 5 unspecified atom stereocenters. The average molecular weight is 492 g/mol. The third-order valence-electron chi connectivity index (χ3n) is 4.91. The fourth-order valence-electron chi connectivity index (χ4n) is 2.64. The first-order valence-electron chi connectivity index (χ1n) is 10.3. The van der Waals surface area contributed by atoms with Crippen LogP contribution in [0.2, 0.25) is 0 Å². The molecule has 13 nitrogen and oxygen atoms in total. The smallest absolute Gasteiger partial charge is 0.326 e. The molecule has 0 saturated heterocycles. The maximum absolute atomic E-state index is 12.8. The molecular formula is C19H33N5O8S. The summed E-state index contributed by atoms with van der Waals surface area (Å²) in [7, 11) is 0. The summed E-state index contributed by atoms with van der Waals surface area (Å²) in [6.07, 6.45) is -0.456. The highest BCUT2D eigenvalue weighted by molar-refractivity contribution is 7.80. The van der Waals surface area contributed by atoms with Crippen LogP contribution >= 0.6 is 12.6 Å². The number of nitrogens with two attached hydrogens (primary N) is 2. The van der Waals surface area contributed by atoms with E-state index in [1.54, 1.807) is 13.8 Å². The van der Waals surface area contributed by atoms with E-state index in [4.69, 9.17) is 16.6 Å². The highest BCUT2D eigenvalue weighted by atomic mass is 32.1. The van der Waals surface area contributed by atoms with Gasteiger partial charge in [-0.1, -0.05) is 20.3 Å². The number of carbonyl (C=O) groups is 6. The van der Waals surface area contributed by atoms with E-state index in [-0.39, 0.29) is 30.9 Å². The van der Waals surface area contributed by atoms with E-state index in [1.807, 2.05) is 0 Å². The third-order valence-corrected chi connectivity index (χ3v) is 5.27. The maximum Gasteiger partial charge on any atom is 0.326 e. The van der Waals surface area contributed by atoms with Gasteiger partial charge in [0.2, 0.25) is 23.6 Å². The van der Waals surface area contributed by atoms with Gasteiger partial charge in [-0.25, -0.2) is 4.79 Å². The molecule has 14 heteroatoms. The van der Waals surface area contributed by atoms with Crippen LogP contribution in [0.3, 0.4) is 0 Å². The highest BCUT2D eigenvalue weighted by Crippen LogP contribution is 2.10. The first-order valence-corrected chi connectivity index (χ1v) is 11.0. The van der Waals surface area contributed by atoms with Crippen LogP contribution in [-0.4, -0.2) is 75.7 Å². The molecule has 0 aliphatic carbocycles. The molecule has 0 aromatic rings. The number of carboxylic acids is 2. The molecule has 0 aliphatic rings. The van der Waals surface area contributed by atoms with Crippen molar-refractivity contribution < 1.29 is 39.0 Å². The van der Waals surface area contributed by atoms with Gasteiger partial charge < -0.3 is 37.6 Å². The predicted octanol–water partition coefficient (Wildman–Crippen LogP) is -2.04. The lowest BCUT2D eigenvalue weighted by atomic mass is 9.97. The first kappa shape index (κ1) is 30.1. The zero-order chi connectivity index (χ0) is 25.7. The second-order valence-electron chi connectivity index (χ2n) is 7.56. The molecule has 0 aromatic heterocycles. The number of amides is 4. The summed E-state index contributed by atoms with van der Waals surface area (Å²) in [5.41, 5.74) is 10.8. The van der Waals surface area contributed by atoms with Crippen LogP contribution in [0.4, 0.5) is 0 Å². The van der Waals surface area contributed by atoms with Gasteiger partial charge in [-0.2, -0.15) is 12.6 Å². The minimum absolute atomic E-state index is 0.00932. The molecule has 9 N–H and O–H groups in total. The normalized spacial score (nSPS) is 15.3. The van der Waals surface area contributed by atoms with Gasteiger partial charge in [0.05, 0.1) is 6.04 Å². The Balaban J connectivity index is 5.27. The van der Waals surface area contributed by atoms with Crippen molar-refractivity contribution in [3.8, 4) is 0 Å². The maximum atomic E-state index is 12.8. The van der Waals surface area contributed by atoms with Crippen molar-refractivity contribution in [1.29, 1.82) is 0 Å². The monoisotopic (exact) mass is 491 g/mol. The summed E-state index contributed by atoms with van der Waals surface area (Å²) in [6.45, 7) is 3.48. The zero-order valence-electron chi connectivity index (χ0n) is 18.6. The minimum atomic E-state index is -1.47. The first-order chi connectivity index (χ1) is 15.3. The van der Waals surface area contributed by atoms with Crippen molar-refractivity contribution in [3.05, 3.63) is 0 Å². The molecule has 0 bridgehead atoms. The van der Waals surface area contributed by atoms with Crippen molar-refractivity contribution in [2.75, 3.05) is 5.75 Å². The zero-order valence-corrected chi connectivity index (χ0v) is 19.5. The Morgan fingerprint density at radius 3 is 1.91 bits per heavy atom. The molecule has 4 amide bonds. The van der Waals surface area contributed by atoms with Gasteiger partial charge in [-0.15, -0.1) is 0 Å². The molecule has 0 aromatic carbocycles. The quantitative estimate of drug-likeness (QED) is 0.111. The number of aliphatic carboxylic acids is 2. The molecule has 33 heavy (non-hydrogen) atoms. The number of thiol groups is 1. The standard InChI is InChI=1S/C19H33N5O8S/c1-3-9(2)15(24-16(28)10(20)4-6-13(21)25)18(30)23-12(8-33)17(29)22-11(19(31)32)5-7-14(26)27/h9-12,15,33H,3-8,20H2,1-2H3,(H2,21,25)(H,22,29)(H,23,30)(H,24,28)(H,26,27)(H,31,32). The largest absolute Gasteiger partial charge is 0.481 e. The average Bonchev–Trinajstić information content (AvgIpc) is 2.75. The fourth-order valence-corrected chi connectivity index (χ4v) is 2.90. The molecule has 0 saturated carbocycles. The number of rotatable bonds is 16.